The number of aryl methyl sites for hydroxylation is 2. The summed E-state index contributed by atoms with van der Waals surface area (Å²) in [6, 6.07) is 71.0. The first-order chi connectivity index (χ1) is 31.1. The molecule has 0 N–H and O–H groups in total. The Labute approximate surface area is 375 Å². The van der Waals surface area contributed by atoms with Crippen LogP contribution in [0, 0.1) is 36.5 Å². The van der Waals surface area contributed by atoms with E-state index in [1.807, 2.05) is 48.5 Å². The molecule has 10 rings (SSSR count). The van der Waals surface area contributed by atoms with Crippen LogP contribution in [0.4, 0.5) is 34.1 Å². The van der Waals surface area contributed by atoms with Crippen molar-refractivity contribution in [1.29, 1.82) is 10.5 Å². The molecule has 0 aromatic heterocycles. The van der Waals surface area contributed by atoms with Gasteiger partial charge in [-0.1, -0.05) is 166 Å². The van der Waals surface area contributed by atoms with Gasteiger partial charge >= 0.3 is 0 Å². The quantitative estimate of drug-likeness (QED) is 0.143. The maximum absolute atomic E-state index is 10.8. The van der Waals surface area contributed by atoms with Crippen molar-refractivity contribution in [2.75, 3.05) is 9.80 Å². The Balaban J connectivity index is 1.38. The highest BCUT2D eigenvalue weighted by molar-refractivity contribution is 6.29. The van der Waals surface area contributed by atoms with Gasteiger partial charge in [0.1, 0.15) is 12.1 Å². The summed E-state index contributed by atoms with van der Waals surface area (Å²) in [6.45, 7) is 11.1. The summed E-state index contributed by atoms with van der Waals surface area (Å²) >= 11 is 0. The Bertz CT molecular complexity index is 3260. The molecular weight excluding hydrogens is 777 g/mol. The van der Waals surface area contributed by atoms with Crippen molar-refractivity contribution in [3.63, 3.8) is 0 Å². The normalized spacial score (nSPS) is 11.5. The molecule has 10 aromatic rings. The third-order valence-corrected chi connectivity index (χ3v) is 12.7. The second-order valence-electron chi connectivity index (χ2n) is 17.7. The Morgan fingerprint density at radius 2 is 0.797 bits per heavy atom. The van der Waals surface area contributed by atoms with Crippen LogP contribution >= 0.6 is 0 Å². The fourth-order valence-corrected chi connectivity index (χ4v) is 9.31. The minimum atomic E-state index is -0.0566. The summed E-state index contributed by atoms with van der Waals surface area (Å²) in [5, 5.41) is 28.4. The van der Waals surface area contributed by atoms with Crippen molar-refractivity contribution in [3.05, 3.63) is 216 Å². The van der Waals surface area contributed by atoms with E-state index in [1.165, 1.54) is 21.7 Å². The molecule has 10 aromatic carbocycles. The summed E-state index contributed by atoms with van der Waals surface area (Å²) in [7, 11) is 0. The van der Waals surface area contributed by atoms with Gasteiger partial charge in [0, 0.05) is 27.5 Å². The predicted octanol–water partition coefficient (Wildman–Crippen LogP) is 16.5. The first-order valence-corrected chi connectivity index (χ1v) is 21.8. The molecule has 0 aliphatic rings. The highest BCUT2D eigenvalue weighted by Gasteiger charge is 2.28. The van der Waals surface area contributed by atoms with E-state index >= 15 is 0 Å². The molecule has 0 saturated carbocycles. The van der Waals surface area contributed by atoms with E-state index in [2.05, 4.69) is 196 Å². The van der Waals surface area contributed by atoms with E-state index in [1.54, 1.807) is 0 Å². The molecule has 306 valence electrons. The van der Waals surface area contributed by atoms with Crippen molar-refractivity contribution >= 4 is 66.4 Å². The van der Waals surface area contributed by atoms with Crippen molar-refractivity contribution in [1.82, 2.24) is 0 Å². The smallest absolute Gasteiger partial charge is 0.101 e. The standard InChI is InChI=1S/C60H46N4/c1-39-24-26-43(41-16-8-6-9-17-41)34-54(39)63(52-22-14-12-20-47(52)37-61)56-36-57(51-31-29-46-33-49(60(3,4)5)32-45-28-30-50(56)59(51)58(45)46)64(53-23-15-13-21-48(53)38-62)55-35-44(27-25-40(55)2)42-18-10-7-11-19-42/h6-36H,1-5H3. The molecule has 4 nitrogen and oxygen atoms in total. The molecule has 0 heterocycles. The number of rotatable bonds is 8. The van der Waals surface area contributed by atoms with E-state index in [0.717, 1.165) is 83.7 Å². The second-order valence-corrected chi connectivity index (χ2v) is 17.7. The molecule has 0 atom stereocenters. The molecule has 0 aliphatic carbocycles. The van der Waals surface area contributed by atoms with Gasteiger partial charge in [-0.15, -0.1) is 0 Å². The fourth-order valence-electron chi connectivity index (χ4n) is 9.31. The summed E-state index contributed by atoms with van der Waals surface area (Å²) in [4.78, 5) is 4.58. The Hall–Kier alpha value is -8.18. The number of nitriles is 2. The number of nitrogens with zero attached hydrogens (tertiary/aromatic N) is 4. The Morgan fingerprint density at radius 1 is 0.375 bits per heavy atom. The average Bonchev–Trinajstić information content (AvgIpc) is 3.33. The number of anilines is 6. The van der Waals surface area contributed by atoms with Gasteiger partial charge in [0.15, 0.2) is 0 Å². The van der Waals surface area contributed by atoms with Crippen LogP contribution in [0.15, 0.2) is 188 Å². The van der Waals surface area contributed by atoms with Gasteiger partial charge in [0.2, 0.25) is 0 Å². The van der Waals surface area contributed by atoms with Gasteiger partial charge in [-0.2, -0.15) is 10.5 Å². The minimum Gasteiger partial charge on any atom is -0.308 e. The van der Waals surface area contributed by atoms with Crippen LogP contribution in [0.1, 0.15) is 48.6 Å². The third-order valence-electron chi connectivity index (χ3n) is 12.7. The monoisotopic (exact) mass is 822 g/mol. The Kier molecular flexibility index (Phi) is 9.94. The average molecular weight is 823 g/mol. The van der Waals surface area contributed by atoms with Crippen molar-refractivity contribution in [2.24, 2.45) is 0 Å². The summed E-state index contributed by atoms with van der Waals surface area (Å²) in [5.41, 5.74) is 14.2. The molecule has 0 radical (unpaired) electrons. The van der Waals surface area contributed by atoms with Crippen molar-refractivity contribution < 1.29 is 0 Å². The third kappa shape index (κ3) is 6.87. The zero-order valence-electron chi connectivity index (χ0n) is 36.7. The molecule has 0 aliphatic heterocycles. The lowest BCUT2D eigenvalue weighted by molar-refractivity contribution is 0.591. The van der Waals surface area contributed by atoms with Gasteiger partial charge in [-0.3, -0.25) is 0 Å². The van der Waals surface area contributed by atoms with Gasteiger partial charge in [0.25, 0.3) is 0 Å². The zero-order valence-corrected chi connectivity index (χ0v) is 36.7. The van der Waals surface area contributed by atoms with E-state index in [-0.39, 0.29) is 5.41 Å². The molecule has 0 bridgehead atoms. The van der Waals surface area contributed by atoms with Gasteiger partial charge in [-0.25, -0.2) is 0 Å². The Morgan fingerprint density at radius 3 is 1.22 bits per heavy atom. The molecule has 0 unspecified atom stereocenters. The summed E-state index contributed by atoms with van der Waals surface area (Å²) < 4.78 is 0. The van der Waals surface area contributed by atoms with Crippen LogP contribution in [-0.4, -0.2) is 0 Å². The first kappa shape index (κ1) is 39.9. The minimum absolute atomic E-state index is 0.0566. The second kappa shape index (κ2) is 15.9. The van der Waals surface area contributed by atoms with Crippen LogP contribution < -0.4 is 9.80 Å². The van der Waals surface area contributed by atoms with Crippen LogP contribution in [0.2, 0.25) is 0 Å². The maximum Gasteiger partial charge on any atom is 0.101 e. The maximum atomic E-state index is 10.8. The largest absolute Gasteiger partial charge is 0.308 e. The summed E-state index contributed by atoms with van der Waals surface area (Å²) in [5.74, 6) is 0. The number of hydrogen-bond donors (Lipinski definition) is 0. The predicted molar refractivity (Wildman–Crippen MR) is 268 cm³/mol. The summed E-state index contributed by atoms with van der Waals surface area (Å²) in [6.07, 6.45) is 0. The zero-order chi connectivity index (χ0) is 44.1. The van der Waals surface area contributed by atoms with E-state index in [9.17, 15) is 10.5 Å². The van der Waals surface area contributed by atoms with Crippen molar-refractivity contribution in [3.8, 4) is 34.4 Å². The molecule has 0 amide bonds. The SMILES string of the molecule is Cc1ccc(-c2ccccc2)cc1N(c1ccccc1C#N)c1cc(N(c2cc(-c3ccccc3)ccc2C)c2ccccc2C#N)c2ccc3cc(C(C)(C)C)cc4ccc1c2c43. The van der Waals surface area contributed by atoms with E-state index in [4.69, 9.17) is 0 Å². The van der Waals surface area contributed by atoms with E-state index < -0.39 is 0 Å². The highest BCUT2D eigenvalue weighted by Crippen LogP contribution is 2.52. The molecule has 0 spiro atoms. The molecule has 4 heteroatoms. The van der Waals surface area contributed by atoms with Gasteiger partial charge in [0.05, 0.1) is 33.9 Å². The number of hydrogen-bond acceptors (Lipinski definition) is 4. The number of benzene rings is 10. The highest BCUT2D eigenvalue weighted by atomic mass is 15.2. The lowest BCUT2D eigenvalue weighted by Gasteiger charge is -2.34. The molecule has 0 saturated heterocycles. The molecular formula is C60H46N4. The lowest BCUT2D eigenvalue weighted by Crippen LogP contribution is -2.17. The van der Waals surface area contributed by atoms with E-state index in [0.29, 0.717) is 11.1 Å². The van der Waals surface area contributed by atoms with Crippen molar-refractivity contribution in [2.45, 2.75) is 40.0 Å². The molecule has 0 fully saturated rings. The van der Waals surface area contributed by atoms with Crippen LogP contribution in [0.5, 0.6) is 0 Å². The van der Waals surface area contributed by atoms with Gasteiger partial charge < -0.3 is 9.80 Å². The molecule has 64 heavy (non-hydrogen) atoms. The van der Waals surface area contributed by atoms with Gasteiger partial charge in [-0.05, 0) is 117 Å². The van der Waals surface area contributed by atoms with Crippen LogP contribution in [-0.2, 0) is 5.41 Å². The first-order valence-electron chi connectivity index (χ1n) is 21.8. The van der Waals surface area contributed by atoms with Crippen LogP contribution in [0.25, 0.3) is 54.6 Å². The topological polar surface area (TPSA) is 54.1 Å². The number of para-hydroxylation sites is 2. The lowest BCUT2D eigenvalue weighted by atomic mass is 9.83. The fraction of sp³-hybridized carbons (Fsp3) is 0.100. The van der Waals surface area contributed by atoms with Crippen LogP contribution in [0.3, 0.4) is 0 Å².